The van der Waals surface area contributed by atoms with E-state index in [9.17, 15) is 8.42 Å². The van der Waals surface area contributed by atoms with Gasteiger partial charge in [0, 0.05) is 40.8 Å². The molecule has 0 aliphatic carbocycles. The average Bonchev–Trinajstić information content (AvgIpc) is 3.37. The molecule has 3 aromatic rings. The predicted octanol–water partition coefficient (Wildman–Crippen LogP) is 5.06. The van der Waals surface area contributed by atoms with Gasteiger partial charge in [0.05, 0.1) is 4.90 Å². The van der Waals surface area contributed by atoms with Crippen LogP contribution in [0.25, 0.3) is 11.1 Å². The number of benzene rings is 2. The monoisotopic (exact) mass is 467 g/mol. The van der Waals surface area contributed by atoms with Gasteiger partial charge in [0.1, 0.15) is 0 Å². The summed E-state index contributed by atoms with van der Waals surface area (Å²) in [5, 5.41) is 3.94. The first-order valence-corrected chi connectivity index (χ1v) is 12.3. The lowest BCUT2D eigenvalue weighted by Crippen LogP contribution is -2.40. The molecule has 2 heterocycles. The molecule has 1 N–H and O–H groups in total. The molecular formula is C20H19Cl2N3O2S2. The second kappa shape index (κ2) is 8.62. The van der Waals surface area contributed by atoms with Gasteiger partial charge in [-0.2, -0.15) is 0 Å². The minimum atomic E-state index is -3.60. The highest BCUT2D eigenvalue weighted by atomic mass is 35.5. The third-order valence-corrected chi connectivity index (χ3v) is 7.60. The van der Waals surface area contributed by atoms with Crippen LogP contribution >= 0.6 is 34.5 Å². The SMILES string of the molecule is O=S(=O)(NCC1CCCN1c1nccs1)c1ccc(-c2cc(Cl)cc(Cl)c2)cc1. The lowest BCUT2D eigenvalue weighted by Gasteiger charge is -2.24. The van der Waals surface area contributed by atoms with Crippen LogP contribution in [0.2, 0.25) is 10.0 Å². The molecule has 152 valence electrons. The van der Waals surface area contributed by atoms with Crippen molar-refractivity contribution in [2.24, 2.45) is 0 Å². The smallest absolute Gasteiger partial charge is 0.240 e. The molecule has 1 atom stereocenters. The Kier molecular flexibility index (Phi) is 6.13. The van der Waals surface area contributed by atoms with Crippen LogP contribution in [0, 0.1) is 0 Å². The van der Waals surface area contributed by atoms with Crippen LogP contribution in [0.4, 0.5) is 5.13 Å². The fourth-order valence-electron chi connectivity index (χ4n) is 3.49. The van der Waals surface area contributed by atoms with Crippen LogP contribution in [0.3, 0.4) is 0 Å². The lowest BCUT2D eigenvalue weighted by atomic mass is 10.1. The second-order valence-corrected chi connectivity index (χ2v) is 10.4. The molecule has 2 aromatic carbocycles. The summed E-state index contributed by atoms with van der Waals surface area (Å²) in [6.45, 7) is 1.25. The van der Waals surface area contributed by atoms with E-state index in [4.69, 9.17) is 23.2 Å². The van der Waals surface area contributed by atoms with E-state index >= 15 is 0 Å². The maximum Gasteiger partial charge on any atom is 0.240 e. The Bertz CT molecular complexity index is 1070. The van der Waals surface area contributed by atoms with Crippen LogP contribution in [0.15, 0.2) is 58.9 Å². The standard InChI is InChI=1S/C20H19Cl2N3O2S2/c21-16-10-15(11-17(22)12-16)14-3-5-19(6-4-14)29(26,27)24-13-18-2-1-8-25(18)20-23-7-9-28-20/h3-7,9-12,18,24H,1-2,8,13H2. The molecule has 1 unspecified atom stereocenters. The highest BCUT2D eigenvalue weighted by molar-refractivity contribution is 7.89. The van der Waals surface area contributed by atoms with Crippen molar-refractivity contribution in [1.82, 2.24) is 9.71 Å². The first-order valence-electron chi connectivity index (χ1n) is 9.15. The second-order valence-electron chi connectivity index (χ2n) is 6.84. The van der Waals surface area contributed by atoms with Crippen molar-refractivity contribution >= 4 is 49.7 Å². The van der Waals surface area contributed by atoms with Gasteiger partial charge in [-0.1, -0.05) is 35.3 Å². The summed E-state index contributed by atoms with van der Waals surface area (Å²) < 4.78 is 28.3. The first kappa shape index (κ1) is 20.6. The zero-order valence-corrected chi connectivity index (χ0v) is 18.5. The van der Waals surface area contributed by atoms with Gasteiger partial charge in [-0.15, -0.1) is 11.3 Å². The normalized spacial score (nSPS) is 17.0. The van der Waals surface area contributed by atoms with Crippen molar-refractivity contribution in [3.63, 3.8) is 0 Å². The zero-order valence-electron chi connectivity index (χ0n) is 15.4. The number of anilines is 1. The number of hydrogen-bond acceptors (Lipinski definition) is 5. The molecule has 5 nitrogen and oxygen atoms in total. The minimum absolute atomic E-state index is 0.115. The summed E-state index contributed by atoms with van der Waals surface area (Å²) >= 11 is 13.7. The maximum absolute atomic E-state index is 12.8. The van der Waals surface area contributed by atoms with Gasteiger partial charge < -0.3 is 4.90 Å². The Morgan fingerprint density at radius 1 is 1.10 bits per heavy atom. The highest BCUT2D eigenvalue weighted by Crippen LogP contribution is 2.29. The molecule has 0 saturated carbocycles. The number of halogens is 2. The Morgan fingerprint density at radius 3 is 2.48 bits per heavy atom. The van der Waals surface area contributed by atoms with Crippen LogP contribution < -0.4 is 9.62 Å². The minimum Gasteiger partial charge on any atom is -0.344 e. The Morgan fingerprint density at radius 2 is 1.83 bits per heavy atom. The van der Waals surface area contributed by atoms with Crippen LogP contribution in [-0.2, 0) is 10.0 Å². The van der Waals surface area contributed by atoms with Crippen molar-refractivity contribution in [2.75, 3.05) is 18.0 Å². The maximum atomic E-state index is 12.8. The Hall–Kier alpha value is -1.64. The topological polar surface area (TPSA) is 62.3 Å². The zero-order chi connectivity index (χ0) is 20.4. The highest BCUT2D eigenvalue weighted by Gasteiger charge is 2.28. The first-order chi connectivity index (χ1) is 13.9. The van der Waals surface area contributed by atoms with E-state index in [1.165, 1.54) is 0 Å². The third-order valence-electron chi connectivity index (χ3n) is 4.91. The van der Waals surface area contributed by atoms with Gasteiger partial charge in [0.25, 0.3) is 0 Å². The molecule has 1 aromatic heterocycles. The van der Waals surface area contributed by atoms with E-state index < -0.39 is 10.0 Å². The number of hydrogen-bond donors (Lipinski definition) is 1. The van der Waals surface area contributed by atoms with Crippen molar-refractivity contribution in [3.05, 3.63) is 64.1 Å². The van der Waals surface area contributed by atoms with Crippen LogP contribution in [0.5, 0.6) is 0 Å². The molecular weight excluding hydrogens is 449 g/mol. The molecule has 0 spiro atoms. The van der Waals surface area contributed by atoms with Gasteiger partial charge in [-0.25, -0.2) is 18.1 Å². The van der Waals surface area contributed by atoms with Crippen LogP contribution in [0.1, 0.15) is 12.8 Å². The summed E-state index contributed by atoms with van der Waals surface area (Å²) in [7, 11) is -3.60. The van der Waals surface area contributed by atoms with Crippen LogP contribution in [-0.4, -0.2) is 32.5 Å². The van der Waals surface area contributed by atoms with Gasteiger partial charge >= 0.3 is 0 Å². The van der Waals surface area contributed by atoms with E-state index in [2.05, 4.69) is 14.6 Å². The number of nitrogens with zero attached hydrogens (tertiary/aromatic N) is 2. The van der Waals surface area contributed by atoms with Crippen molar-refractivity contribution in [2.45, 2.75) is 23.8 Å². The number of aromatic nitrogens is 1. The molecule has 1 aliphatic rings. The van der Waals surface area contributed by atoms with E-state index in [1.807, 2.05) is 5.38 Å². The van der Waals surface area contributed by atoms with Gasteiger partial charge in [0.2, 0.25) is 10.0 Å². The average molecular weight is 468 g/mol. The third kappa shape index (κ3) is 4.75. The summed E-state index contributed by atoms with van der Waals surface area (Å²) in [6, 6.07) is 12.1. The molecule has 0 bridgehead atoms. The molecule has 1 saturated heterocycles. The number of nitrogens with one attached hydrogen (secondary N) is 1. The quantitative estimate of drug-likeness (QED) is 0.549. The number of rotatable bonds is 6. The molecule has 4 rings (SSSR count). The summed E-state index contributed by atoms with van der Waals surface area (Å²) in [4.78, 5) is 6.76. The largest absolute Gasteiger partial charge is 0.344 e. The summed E-state index contributed by atoms with van der Waals surface area (Å²) in [5.41, 5.74) is 1.68. The summed E-state index contributed by atoms with van der Waals surface area (Å²) in [6.07, 6.45) is 3.74. The fraction of sp³-hybridized carbons (Fsp3) is 0.250. The van der Waals surface area contributed by atoms with E-state index in [0.29, 0.717) is 16.6 Å². The molecule has 9 heteroatoms. The Labute approximate surface area is 184 Å². The van der Waals surface area contributed by atoms with Gasteiger partial charge in [-0.05, 0) is 54.3 Å². The van der Waals surface area contributed by atoms with E-state index in [-0.39, 0.29) is 10.9 Å². The molecule has 0 amide bonds. The number of thiazole rings is 1. The van der Waals surface area contributed by atoms with Gasteiger partial charge in [0.15, 0.2) is 5.13 Å². The Balaban J connectivity index is 1.46. The molecule has 1 fully saturated rings. The van der Waals surface area contributed by atoms with Crippen molar-refractivity contribution in [3.8, 4) is 11.1 Å². The van der Waals surface area contributed by atoms with E-state index in [0.717, 1.165) is 35.6 Å². The summed E-state index contributed by atoms with van der Waals surface area (Å²) in [5.74, 6) is 0. The fourth-order valence-corrected chi connectivity index (χ4v) is 5.83. The molecule has 29 heavy (non-hydrogen) atoms. The lowest BCUT2D eigenvalue weighted by molar-refractivity contribution is 0.567. The van der Waals surface area contributed by atoms with E-state index in [1.54, 1.807) is 60.0 Å². The van der Waals surface area contributed by atoms with Crippen molar-refractivity contribution < 1.29 is 8.42 Å². The number of sulfonamides is 1. The van der Waals surface area contributed by atoms with Crippen molar-refractivity contribution in [1.29, 1.82) is 0 Å². The van der Waals surface area contributed by atoms with Gasteiger partial charge in [-0.3, -0.25) is 0 Å². The predicted molar refractivity (Wildman–Crippen MR) is 120 cm³/mol. The molecule has 1 aliphatic heterocycles. The molecule has 0 radical (unpaired) electrons.